The Labute approximate surface area is 174 Å². The zero-order valence-electron chi connectivity index (χ0n) is 16.8. The van der Waals surface area contributed by atoms with Gasteiger partial charge in [-0.15, -0.1) is 0 Å². The molecule has 0 aliphatic carbocycles. The molecule has 1 heterocycles. The molecule has 2 aromatic rings. The number of amides is 1. The van der Waals surface area contributed by atoms with Crippen molar-refractivity contribution in [3.05, 3.63) is 70.7 Å². The highest BCUT2D eigenvalue weighted by molar-refractivity contribution is 6.30. The van der Waals surface area contributed by atoms with E-state index in [0.29, 0.717) is 5.91 Å². The molecule has 1 amide bonds. The van der Waals surface area contributed by atoms with E-state index in [1.54, 1.807) is 0 Å². The summed E-state index contributed by atoms with van der Waals surface area (Å²) in [6.45, 7) is 6.65. The van der Waals surface area contributed by atoms with Crippen LogP contribution in [0.3, 0.4) is 0 Å². The number of halogens is 1. The third kappa shape index (κ3) is 6.08. The molecule has 28 heavy (non-hydrogen) atoms. The fraction of sp³-hybridized carbons (Fsp3) is 0.458. The second-order valence-electron chi connectivity index (χ2n) is 7.78. The Morgan fingerprint density at radius 1 is 1.04 bits per heavy atom. The lowest BCUT2D eigenvalue weighted by atomic mass is 9.94. The van der Waals surface area contributed by atoms with Crippen molar-refractivity contribution in [2.45, 2.75) is 45.7 Å². The van der Waals surface area contributed by atoms with Crippen LogP contribution in [0.4, 0.5) is 0 Å². The molecule has 0 bridgehead atoms. The van der Waals surface area contributed by atoms with E-state index in [9.17, 15) is 4.79 Å². The first-order valence-corrected chi connectivity index (χ1v) is 10.8. The van der Waals surface area contributed by atoms with Crippen molar-refractivity contribution in [1.29, 1.82) is 0 Å². The molecule has 0 spiro atoms. The average Bonchev–Trinajstić information content (AvgIpc) is 2.73. The Morgan fingerprint density at radius 3 is 2.36 bits per heavy atom. The summed E-state index contributed by atoms with van der Waals surface area (Å²) in [6, 6.07) is 18.4. The topological polar surface area (TPSA) is 23.6 Å². The normalized spacial score (nSPS) is 15.5. The van der Waals surface area contributed by atoms with Crippen molar-refractivity contribution in [1.82, 2.24) is 9.80 Å². The lowest BCUT2D eigenvalue weighted by Gasteiger charge is -2.34. The summed E-state index contributed by atoms with van der Waals surface area (Å²) in [6.07, 6.45) is 4.07. The zero-order valence-corrected chi connectivity index (χ0v) is 17.6. The average molecular weight is 399 g/mol. The van der Waals surface area contributed by atoms with E-state index in [-0.39, 0.29) is 5.92 Å². The highest BCUT2D eigenvalue weighted by Crippen LogP contribution is 2.23. The largest absolute Gasteiger partial charge is 0.338 e. The third-order valence-electron chi connectivity index (χ3n) is 5.57. The van der Waals surface area contributed by atoms with Gasteiger partial charge in [-0.25, -0.2) is 0 Å². The van der Waals surface area contributed by atoms with Crippen molar-refractivity contribution in [3.63, 3.8) is 0 Å². The van der Waals surface area contributed by atoms with Crippen LogP contribution in [0.1, 0.15) is 43.7 Å². The van der Waals surface area contributed by atoms with Crippen molar-refractivity contribution < 1.29 is 4.79 Å². The van der Waals surface area contributed by atoms with E-state index in [2.05, 4.69) is 41.0 Å². The Kier molecular flexibility index (Phi) is 7.93. The molecule has 0 unspecified atom stereocenters. The van der Waals surface area contributed by atoms with Crippen LogP contribution in [0.5, 0.6) is 0 Å². The number of likely N-dealkylation sites (tertiary alicyclic amines) is 1. The maximum absolute atomic E-state index is 13.2. The minimum atomic E-state index is 0.155. The molecular formula is C24H31ClN2O. The number of hydrogen-bond donors (Lipinski definition) is 0. The van der Waals surface area contributed by atoms with Crippen molar-refractivity contribution >= 4 is 17.5 Å². The summed E-state index contributed by atoms with van der Waals surface area (Å²) < 4.78 is 0. The summed E-state index contributed by atoms with van der Waals surface area (Å²) in [5.41, 5.74) is 2.50. The summed E-state index contributed by atoms with van der Waals surface area (Å²) >= 11 is 5.98. The monoisotopic (exact) mass is 398 g/mol. The quantitative estimate of drug-likeness (QED) is 0.595. The lowest BCUT2D eigenvalue weighted by Crippen LogP contribution is -2.42. The van der Waals surface area contributed by atoms with Gasteiger partial charge >= 0.3 is 0 Å². The summed E-state index contributed by atoms with van der Waals surface area (Å²) in [7, 11) is 0. The van der Waals surface area contributed by atoms with Gasteiger partial charge in [-0.3, -0.25) is 9.69 Å². The molecule has 1 fully saturated rings. The van der Waals surface area contributed by atoms with Crippen LogP contribution in [-0.2, 0) is 17.9 Å². The van der Waals surface area contributed by atoms with Gasteiger partial charge in [0, 0.05) is 30.6 Å². The Hall–Kier alpha value is -1.84. The molecule has 1 saturated heterocycles. The molecule has 0 atom stereocenters. The van der Waals surface area contributed by atoms with Gasteiger partial charge in [0.2, 0.25) is 5.91 Å². The number of hydrogen-bond acceptors (Lipinski definition) is 2. The number of carbonyl (C=O) groups excluding carboxylic acids is 1. The standard InChI is InChI=1S/C24H31ClN2O/c1-2-3-15-27(19-20-7-5-4-6-8-20)24(28)22-13-16-26(17-14-22)18-21-9-11-23(25)12-10-21/h4-12,22H,2-3,13-19H2,1H3. The molecule has 4 heteroatoms. The molecule has 3 rings (SSSR count). The first-order valence-electron chi connectivity index (χ1n) is 10.4. The molecule has 0 aromatic heterocycles. The molecule has 150 valence electrons. The van der Waals surface area contributed by atoms with Crippen LogP contribution in [0.2, 0.25) is 5.02 Å². The molecule has 3 nitrogen and oxygen atoms in total. The second-order valence-corrected chi connectivity index (χ2v) is 8.21. The smallest absolute Gasteiger partial charge is 0.226 e. The Morgan fingerprint density at radius 2 is 1.71 bits per heavy atom. The first-order chi connectivity index (χ1) is 13.7. The van der Waals surface area contributed by atoms with E-state index in [4.69, 9.17) is 11.6 Å². The van der Waals surface area contributed by atoms with Crippen LogP contribution < -0.4 is 0 Å². The summed E-state index contributed by atoms with van der Waals surface area (Å²) in [5, 5.41) is 0.777. The van der Waals surface area contributed by atoms with Gasteiger partial charge in [0.1, 0.15) is 0 Å². The number of nitrogens with zero attached hydrogens (tertiary/aromatic N) is 2. The second kappa shape index (κ2) is 10.6. The van der Waals surface area contributed by atoms with Gasteiger partial charge in [0.25, 0.3) is 0 Å². The van der Waals surface area contributed by atoms with E-state index >= 15 is 0 Å². The van der Waals surface area contributed by atoms with Crippen LogP contribution in [0.15, 0.2) is 54.6 Å². The molecule has 0 radical (unpaired) electrons. The number of benzene rings is 2. The number of rotatable bonds is 8. The van der Waals surface area contributed by atoms with Gasteiger partial charge < -0.3 is 4.90 Å². The number of piperidine rings is 1. The van der Waals surface area contributed by atoms with E-state index < -0.39 is 0 Å². The van der Waals surface area contributed by atoms with Crippen molar-refractivity contribution in [2.75, 3.05) is 19.6 Å². The number of carbonyl (C=O) groups is 1. The maximum atomic E-state index is 13.2. The minimum Gasteiger partial charge on any atom is -0.338 e. The summed E-state index contributed by atoms with van der Waals surface area (Å²) in [4.78, 5) is 17.7. The van der Waals surface area contributed by atoms with E-state index in [1.165, 1.54) is 11.1 Å². The van der Waals surface area contributed by atoms with E-state index in [1.807, 2.05) is 30.3 Å². The zero-order chi connectivity index (χ0) is 19.8. The highest BCUT2D eigenvalue weighted by atomic mass is 35.5. The Balaban J connectivity index is 1.54. The molecule has 1 aliphatic heterocycles. The van der Waals surface area contributed by atoms with Gasteiger partial charge in [-0.1, -0.05) is 67.4 Å². The van der Waals surface area contributed by atoms with Crippen LogP contribution >= 0.6 is 11.6 Å². The first kappa shape index (κ1) is 20.9. The van der Waals surface area contributed by atoms with Crippen LogP contribution in [-0.4, -0.2) is 35.3 Å². The molecular weight excluding hydrogens is 368 g/mol. The predicted molar refractivity (Wildman–Crippen MR) is 116 cm³/mol. The maximum Gasteiger partial charge on any atom is 0.226 e. The minimum absolute atomic E-state index is 0.155. The van der Waals surface area contributed by atoms with E-state index in [0.717, 1.165) is 63.4 Å². The van der Waals surface area contributed by atoms with Crippen LogP contribution in [0.25, 0.3) is 0 Å². The Bertz CT molecular complexity index is 724. The highest BCUT2D eigenvalue weighted by Gasteiger charge is 2.28. The molecule has 2 aromatic carbocycles. The van der Waals surface area contributed by atoms with Crippen molar-refractivity contribution in [2.24, 2.45) is 5.92 Å². The lowest BCUT2D eigenvalue weighted by molar-refractivity contribution is -0.137. The predicted octanol–water partition coefficient (Wildman–Crippen LogP) is 5.38. The fourth-order valence-corrected chi connectivity index (χ4v) is 3.99. The van der Waals surface area contributed by atoms with Gasteiger partial charge in [0.15, 0.2) is 0 Å². The molecule has 0 saturated carbocycles. The number of unbranched alkanes of at least 4 members (excludes halogenated alkanes) is 1. The molecule has 0 N–H and O–H groups in total. The van der Waals surface area contributed by atoms with Crippen molar-refractivity contribution in [3.8, 4) is 0 Å². The van der Waals surface area contributed by atoms with Gasteiger partial charge in [-0.2, -0.15) is 0 Å². The van der Waals surface area contributed by atoms with Crippen LogP contribution in [0, 0.1) is 5.92 Å². The molecule has 1 aliphatic rings. The SMILES string of the molecule is CCCCN(Cc1ccccc1)C(=O)C1CCN(Cc2ccc(Cl)cc2)CC1. The van der Waals surface area contributed by atoms with Gasteiger partial charge in [0.05, 0.1) is 0 Å². The third-order valence-corrected chi connectivity index (χ3v) is 5.82. The van der Waals surface area contributed by atoms with Gasteiger partial charge in [-0.05, 0) is 55.6 Å². The fourth-order valence-electron chi connectivity index (χ4n) is 3.86. The summed E-state index contributed by atoms with van der Waals surface area (Å²) in [5.74, 6) is 0.491.